The third-order valence-corrected chi connectivity index (χ3v) is 8.22. The molecule has 9 nitrogen and oxygen atoms in total. The number of hydrogen-bond donors (Lipinski definition) is 2. The van der Waals surface area contributed by atoms with Gasteiger partial charge in [0.1, 0.15) is 5.75 Å². The second-order valence-electron chi connectivity index (χ2n) is 8.09. The maximum absolute atomic E-state index is 12.6. The van der Waals surface area contributed by atoms with Crippen LogP contribution in [0.4, 0.5) is 24.3 Å². The van der Waals surface area contributed by atoms with Gasteiger partial charge in [0, 0.05) is 24.7 Å². The number of nitrogens with zero attached hydrogens (tertiary/aromatic N) is 3. The molecule has 2 N–H and O–H groups in total. The van der Waals surface area contributed by atoms with E-state index in [0.29, 0.717) is 38.8 Å². The molecule has 0 radical (unpaired) electrons. The van der Waals surface area contributed by atoms with Crippen molar-refractivity contribution < 1.29 is 31.1 Å². The summed E-state index contributed by atoms with van der Waals surface area (Å²) in [7, 11) is -1.34. The monoisotopic (exact) mass is 525 g/mol. The van der Waals surface area contributed by atoms with Crippen molar-refractivity contribution in [2.24, 2.45) is 7.05 Å². The van der Waals surface area contributed by atoms with Crippen molar-refractivity contribution in [1.82, 2.24) is 19.9 Å². The zero-order valence-corrected chi connectivity index (χ0v) is 19.7. The van der Waals surface area contributed by atoms with Crippen molar-refractivity contribution in [2.45, 2.75) is 18.8 Å². The Labute approximate surface area is 200 Å². The van der Waals surface area contributed by atoms with E-state index in [4.69, 9.17) is 0 Å². The van der Waals surface area contributed by atoms with E-state index in [9.17, 15) is 26.4 Å². The van der Waals surface area contributed by atoms with Gasteiger partial charge in [-0.15, -0.1) is 13.2 Å². The highest BCUT2D eigenvalue weighted by atomic mass is 32.2. The molecule has 1 fully saturated rings. The minimum atomic E-state index is -4.78. The molecule has 35 heavy (non-hydrogen) atoms. The Morgan fingerprint density at radius 1 is 1.17 bits per heavy atom. The fourth-order valence-corrected chi connectivity index (χ4v) is 6.44. The normalized spacial score (nSPS) is 17.7. The maximum atomic E-state index is 12.6. The van der Waals surface area contributed by atoms with Gasteiger partial charge >= 0.3 is 6.36 Å². The van der Waals surface area contributed by atoms with Crippen LogP contribution in [0.15, 0.2) is 36.4 Å². The van der Waals surface area contributed by atoms with Crippen molar-refractivity contribution in [3.8, 4) is 5.75 Å². The molecular weight excluding hydrogens is 507 g/mol. The molecule has 1 atom stereocenters. The lowest BCUT2D eigenvalue weighted by atomic mass is 10.1. The molecule has 2 aromatic heterocycles. The van der Waals surface area contributed by atoms with E-state index in [0.717, 1.165) is 16.9 Å². The Bertz CT molecular complexity index is 1560. The summed E-state index contributed by atoms with van der Waals surface area (Å²) in [6, 6.07) is 8.46. The molecule has 1 aliphatic rings. The van der Waals surface area contributed by atoms with Crippen LogP contribution in [-0.4, -0.2) is 52.8 Å². The molecule has 1 aliphatic heterocycles. The first-order valence-corrected chi connectivity index (χ1v) is 13.0. The zero-order valence-electron chi connectivity index (χ0n) is 18.1. The average molecular weight is 526 g/mol. The van der Waals surface area contributed by atoms with Crippen molar-refractivity contribution in [1.29, 1.82) is 0 Å². The Balaban J connectivity index is 1.36. The molecule has 1 amide bonds. The van der Waals surface area contributed by atoms with Crippen LogP contribution in [0, 0.1) is 0 Å². The Hall–Kier alpha value is -3.39. The Morgan fingerprint density at radius 3 is 2.69 bits per heavy atom. The summed E-state index contributed by atoms with van der Waals surface area (Å²) >= 11 is 1.14. The molecule has 5 rings (SSSR count). The van der Waals surface area contributed by atoms with Crippen LogP contribution in [0.5, 0.6) is 5.75 Å². The van der Waals surface area contributed by atoms with Gasteiger partial charge in [-0.2, -0.15) is 0 Å². The largest absolute Gasteiger partial charge is 0.573 e. The number of halogens is 3. The number of alkyl halides is 3. The van der Waals surface area contributed by atoms with Gasteiger partial charge in [-0.05, 0) is 36.8 Å². The Kier molecular flexibility index (Phi) is 5.59. The standard InChI is InChI=1S/C21H18F3N5O4S2/c1-29-16-5-2-11(18(30)25-12-6-7-35(31,32)10-12)8-15(16)26-19(29)28-20-27-14-4-3-13(9-17(14)34-20)33-21(22,23)24/h2-5,8-9,12H,6-7,10H2,1H3,(H,25,30)(H,26,27,28). The molecule has 0 aliphatic carbocycles. The first-order chi connectivity index (χ1) is 16.5. The van der Waals surface area contributed by atoms with Crippen LogP contribution in [0.25, 0.3) is 21.3 Å². The van der Waals surface area contributed by atoms with E-state index in [1.54, 1.807) is 29.8 Å². The molecule has 0 spiro atoms. The van der Waals surface area contributed by atoms with Crippen LogP contribution in [0.2, 0.25) is 0 Å². The fourth-order valence-electron chi connectivity index (χ4n) is 3.88. The number of aromatic nitrogens is 3. The van der Waals surface area contributed by atoms with Crippen LogP contribution in [0.1, 0.15) is 16.8 Å². The number of benzene rings is 2. The smallest absolute Gasteiger partial charge is 0.406 e. The topological polar surface area (TPSA) is 115 Å². The lowest BCUT2D eigenvalue weighted by Gasteiger charge is -2.10. The maximum Gasteiger partial charge on any atom is 0.573 e. The minimum Gasteiger partial charge on any atom is -0.406 e. The molecule has 1 saturated heterocycles. The summed E-state index contributed by atoms with van der Waals surface area (Å²) in [5.41, 5.74) is 2.11. The second kappa shape index (κ2) is 8.37. The molecule has 14 heteroatoms. The third-order valence-electron chi connectivity index (χ3n) is 5.52. The predicted octanol–water partition coefficient (Wildman–Crippen LogP) is 3.74. The van der Waals surface area contributed by atoms with Crippen LogP contribution in [-0.2, 0) is 16.9 Å². The number of anilines is 2. The second-order valence-corrected chi connectivity index (χ2v) is 11.4. The molecule has 2 aromatic carbocycles. The first-order valence-electron chi connectivity index (χ1n) is 10.4. The fraction of sp³-hybridized carbons (Fsp3) is 0.286. The molecule has 0 saturated carbocycles. The summed E-state index contributed by atoms with van der Waals surface area (Å²) in [4.78, 5) is 21.5. The van der Waals surface area contributed by atoms with Crippen molar-refractivity contribution >= 4 is 59.4 Å². The van der Waals surface area contributed by atoms with E-state index < -0.39 is 22.2 Å². The number of rotatable bonds is 5. The van der Waals surface area contributed by atoms with Gasteiger partial charge in [-0.25, -0.2) is 18.4 Å². The molecule has 0 bridgehead atoms. The lowest BCUT2D eigenvalue weighted by molar-refractivity contribution is -0.274. The number of aryl methyl sites for hydroxylation is 1. The van der Waals surface area contributed by atoms with Crippen molar-refractivity contribution in [2.75, 3.05) is 16.8 Å². The number of amides is 1. The number of carbonyl (C=O) groups excluding carboxylic acids is 1. The van der Waals surface area contributed by atoms with Crippen LogP contribution < -0.4 is 15.4 Å². The van der Waals surface area contributed by atoms with Crippen molar-refractivity contribution in [3.05, 3.63) is 42.0 Å². The highest BCUT2D eigenvalue weighted by Gasteiger charge is 2.31. The lowest BCUT2D eigenvalue weighted by Crippen LogP contribution is -2.35. The molecular formula is C21H18F3N5O4S2. The minimum absolute atomic E-state index is 0.0642. The third kappa shape index (κ3) is 5.03. The first kappa shape index (κ1) is 23.4. The number of sulfone groups is 1. The Morgan fingerprint density at radius 2 is 1.97 bits per heavy atom. The van der Waals surface area contributed by atoms with Gasteiger partial charge in [-0.3, -0.25) is 4.79 Å². The number of hydrogen-bond acceptors (Lipinski definition) is 8. The van der Waals surface area contributed by atoms with Gasteiger partial charge in [0.15, 0.2) is 15.0 Å². The number of thiazole rings is 1. The molecule has 184 valence electrons. The van der Waals surface area contributed by atoms with Gasteiger partial charge in [0.2, 0.25) is 5.95 Å². The van der Waals surface area contributed by atoms with Gasteiger partial charge < -0.3 is 19.9 Å². The van der Waals surface area contributed by atoms with Crippen LogP contribution in [0.3, 0.4) is 0 Å². The SMILES string of the molecule is Cn1c(Nc2nc3ccc(OC(F)(F)F)cc3s2)nc2cc(C(=O)NC3CCS(=O)(=O)C3)ccc21. The zero-order chi connectivity index (χ0) is 25.0. The highest BCUT2D eigenvalue weighted by Crippen LogP contribution is 2.33. The van der Waals surface area contributed by atoms with E-state index in [1.165, 1.54) is 18.2 Å². The van der Waals surface area contributed by atoms with Gasteiger partial charge in [0.05, 0.1) is 32.8 Å². The van der Waals surface area contributed by atoms with E-state index in [2.05, 4.69) is 25.3 Å². The van der Waals surface area contributed by atoms with Crippen molar-refractivity contribution in [3.63, 3.8) is 0 Å². The summed E-state index contributed by atoms with van der Waals surface area (Å²) in [6.45, 7) is 0. The summed E-state index contributed by atoms with van der Waals surface area (Å²) < 4.78 is 66.9. The van der Waals surface area contributed by atoms with E-state index >= 15 is 0 Å². The van der Waals surface area contributed by atoms with Gasteiger partial charge in [-0.1, -0.05) is 11.3 Å². The highest BCUT2D eigenvalue weighted by molar-refractivity contribution is 7.91. The quantitative estimate of drug-likeness (QED) is 0.408. The molecule has 3 heterocycles. The predicted molar refractivity (Wildman–Crippen MR) is 125 cm³/mol. The summed E-state index contributed by atoms with van der Waals surface area (Å²) in [6.07, 6.45) is -4.39. The summed E-state index contributed by atoms with van der Waals surface area (Å²) in [5.74, 6) is -0.286. The molecule has 1 unspecified atom stereocenters. The average Bonchev–Trinajstić information content (AvgIpc) is 3.41. The van der Waals surface area contributed by atoms with E-state index in [1.807, 2.05) is 0 Å². The summed E-state index contributed by atoms with van der Waals surface area (Å²) in [5, 5.41) is 6.24. The number of imidazole rings is 1. The number of nitrogens with one attached hydrogen (secondary N) is 2. The van der Waals surface area contributed by atoms with E-state index in [-0.39, 0.29) is 23.2 Å². The number of carbonyl (C=O) groups is 1. The molecule has 4 aromatic rings. The van der Waals surface area contributed by atoms with Crippen LogP contribution >= 0.6 is 11.3 Å². The number of fused-ring (bicyclic) bond motifs is 2. The van der Waals surface area contributed by atoms with Gasteiger partial charge in [0.25, 0.3) is 5.91 Å². The number of ether oxygens (including phenoxy) is 1.